The molecule has 0 aliphatic heterocycles. The molecule has 0 spiro atoms. The molecular formula is C10H10ClN3. The number of nitriles is 1. The maximum absolute atomic E-state index is 8.88. The van der Waals surface area contributed by atoms with Gasteiger partial charge >= 0.3 is 0 Å². The largest absolute Gasteiger partial charge is 0.303 e. The molecule has 1 aliphatic carbocycles. The first-order chi connectivity index (χ1) is 6.79. The van der Waals surface area contributed by atoms with Gasteiger partial charge in [-0.25, -0.2) is 4.98 Å². The van der Waals surface area contributed by atoms with E-state index in [1.54, 1.807) is 17.2 Å². The van der Waals surface area contributed by atoms with E-state index in [1.807, 2.05) is 6.07 Å². The summed E-state index contributed by atoms with van der Waals surface area (Å²) in [5.41, 5.74) is 1.03. The van der Waals surface area contributed by atoms with Crippen LogP contribution in [0.15, 0.2) is 18.3 Å². The van der Waals surface area contributed by atoms with Gasteiger partial charge in [-0.3, -0.25) is 0 Å². The molecule has 0 bridgehead atoms. The number of pyridine rings is 1. The van der Waals surface area contributed by atoms with E-state index >= 15 is 0 Å². The number of hydrogen-bond acceptors (Lipinski definition) is 3. The maximum atomic E-state index is 8.88. The van der Waals surface area contributed by atoms with E-state index in [-0.39, 0.29) is 0 Å². The molecule has 0 aromatic carbocycles. The lowest BCUT2D eigenvalue weighted by Gasteiger charge is -2.13. The van der Waals surface area contributed by atoms with Crippen LogP contribution in [0.1, 0.15) is 18.4 Å². The third kappa shape index (κ3) is 2.15. The van der Waals surface area contributed by atoms with Crippen molar-refractivity contribution in [3.8, 4) is 6.19 Å². The summed E-state index contributed by atoms with van der Waals surface area (Å²) in [5.74, 6) is 0. The van der Waals surface area contributed by atoms with Crippen LogP contribution in [0.5, 0.6) is 0 Å². The Labute approximate surface area is 87.9 Å². The Morgan fingerprint density at radius 3 is 2.86 bits per heavy atom. The lowest BCUT2D eigenvalue weighted by molar-refractivity contribution is 0.375. The summed E-state index contributed by atoms with van der Waals surface area (Å²) in [4.78, 5) is 5.77. The Balaban J connectivity index is 2.02. The maximum Gasteiger partial charge on any atom is 0.179 e. The third-order valence-electron chi connectivity index (χ3n) is 2.26. The van der Waals surface area contributed by atoms with Gasteiger partial charge < -0.3 is 4.90 Å². The fourth-order valence-corrected chi connectivity index (χ4v) is 1.44. The monoisotopic (exact) mass is 207 g/mol. The van der Waals surface area contributed by atoms with Gasteiger partial charge in [-0.05, 0) is 24.5 Å². The Morgan fingerprint density at radius 1 is 1.57 bits per heavy atom. The highest BCUT2D eigenvalue weighted by molar-refractivity contribution is 6.29. The van der Waals surface area contributed by atoms with Gasteiger partial charge in [-0.2, -0.15) is 5.26 Å². The fourth-order valence-electron chi connectivity index (χ4n) is 1.33. The smallest absolute Gasteiger partial charge is 0.179 e. The number of halogens is 1. The molecule has 1 aromatic rings. The van der Waals surface area contributed by atoms with E-state index in [1.165, 1.54) is 0 Å². The van der Waals surface area contributed by atoms with Crippen molar-refractivity contribution in [3.63, 3.8) is 0 Å². The van der Waals surface area contributed by atoms with Crippen LogP contribution in [0.25, 0.3) is 0 Å². The average molecular weight is 208 g/mol. The standard InChI is InChI=1S/C10H10ClN3/c11-10-4-1-8(5-13-10)6-14(7-12)9-2-3-9/h1,4-5,9H,2-3,6H2. The van der Waals surface area contributed by atoms with E-state index in [4.69, 9.17) is 16.9 Å². The molecule has 0 atom stereocenters. The molecule has 0 unspecified atom stereocenters. The predicted molar refractivity (Wildman–Crippen MR) is 53.4 cm³/mol. The first kappa shape index (κ1) is 9.29. The molecule has 0 amide bonds. The molecule has 14 heavy (non-hydrogen) atoms. The van der Waals surface area contributed by atoms with Gasteiger partial charge in [0.05, 0.1) is 6.54 Å². The predicted octanol–water partition coefficient (Wildman–Crippen LogP) is 2.18. The zero-order chi connectivity index (χ0) is 9.97. The molecule has 1 aliphatic rings. The van der Waals surface area contributed by atoms with E-state index in [2.05, 4.69) is 11.2 Å². The summed E-state index contributed by atoms with van der Waals surface area (Å²) in [6.45, 7) is 0.644. The Kier molecular flexibility index (Phi) is 2.55. The minimum absolute atomic E-state index is 0.454. The number of rotatable bonds is 3. The summed E-state index contributed by atoms with van der Waals surface area (Å²) < 4.78 is 0. The van der Waals surface area contributed by atoms with Crippen LogP contribution in [0.3, 0.4) is 0 Å². The van der Waals surface area contributed by atoms with Gasteiger partial charge in [-0.1, -0.05) is 17.7 Å². The topological polar surface area (TPSA) is 39.9 Å². The van der Waals surface area contributed by atoms with Crippen molar-refractivity contribution >= 4 is 11.6 Å². The second-order valence-corrected chi connectivity index (χ2v) is 3.84. The molecule has 0 saturated heterocycles. The van der Waals surface area contributed by atoms with E-state index in [9.17, 15) is 0 Å². The summed E-state index contributed by atoms with van der Waals surface area (Å²) >= 11 is 5.67. The van der Waals surface area contributed by atoms with Crippen LogP contribution < -0.4 is 0 Å². The van der Waals surface area contributed by atoms with Gasteiger partial charge in [0.1, 0.15) is 5.15 Å². The second kappa shape index (κ2) is 3.85. The van der Waals surface area contributed by atoms with Gasteiger partial charge in [-0.15, -0.1) is 0 Å². The average Bonchev–Trinajstić information content (AvgIpc) is 3.01. The SMILES string of the molecule is N#CN(Cc1ccc(Cl)nc1)C1CC1. The number of aromatic nitrogens is 1. The molecule has 2 rings (SSSR count). The number of hydrogen-bond donors (Lipinski definition) is 0. The minimum atomic E-state index is 0.454. The summed E-state index contributed by atoms with van der Waals surface area (Å²) in [7, 11) is 0. The molecular weight excluding hydrogens is 198 g/mol. The van der Waals surface area contributed by atoms with Crippen LogP contribution in [-0.2, 0) is 6.54 Å². The molecule has 1 saturated carbocycles. The van der Waals surface area contributed by atoms with Crippen LogP contribution in [0, 0.1) is 11.5 Å². The summed E-state index contributed by atoms with van der Waals surface area (Å²) in [6.07, 6.45) is 6.18. The zero-order valence-electron chi connectivity index (χ0n) is 7.65. The van der Waals surface area contributed by atoms with Gasteiger partial charge in [0, 0.05) is 12.2 Å². The van der Waals surface area contributed by atoms with Gasteiger partial charge in [0.25, 0.3) is 0 Å². The second-order valence-electron chi connectivity index (χ2n) is 3.45. The van der Waals surface area contributed by atoms with Crippen LogP contribution >= 0.6 is 11.6 Å². The molecule has 1 heterocycles. The quantitative estimate of drug-likeness (QED) is 0.433. The zero-order valence-corrected chi connectivity index (χ0v) is 8.41. The van der Waals surface area contributed by atoms with Crippen LogP contribution in [0.2, 0.25) is 5.15 Å². The molecule has 72 valence electrons. The van der Waals surface area contributed by atoms with Gasteiger partial charge in [0.2, 0.25) is 0 Å². The number of nitrogens with zero attached hydrogens (tertiary/aromatic N) is 3. The first-order valence-corrected chi connectivity index (χ1v) is 4.94. The Hall–Kier alpha value is -1.27. The van der Waals surface area contributed by atoms with Crippen molar-refractivity contribution in [2.45, 2.75) is 25.4 Å². The summed E-state index contributed by atoms with van der Waals surface area (Å²) in [5, 5.41) is 9.37. The van der Waals surface area contributed by atoms with Crippen LogP contribution in [0.4, 0.5) is 0 Å². The fraction of sp³-hybridized carbons (Fsp3) is 0.400. The third-order valence-corrected chi connectivity index (χ3v) is 2.48. The van der Waals surface area contributed by atoms with Crippen LogP contribution in [-0.4, -0.2) is 15.9 Å². The van der Waals surface area contributed by atoms with Crippen molar-refractivity contribution in [2.24, 2.45) is 0 Å². The Bertz CT molecular complexity index is 351. The molecule has 0 radical (unpaired) electrons. The molecule has 0 N–H and O–H groups in total. The van der Waals surface area contributed by atoms with E-state index in [0.29, 0.717) is 17.7 Å². The van der Waals surface area contributed by atoms with Crippen molar-refractivity contribution < 1.29 is 0 Å². The lowest BCUT2D eigenvalue weighted by Crippen LogP contribution is -2.19. The highest BCUT2D eigenvalue weighted by Crippen LogP contribution is 2.27. The van der Waals surface area contributed by atoms with Crippen molar-refractivity contribution in [2.75, 3.05) is 0 Å². The normalized spacial score (nSPS) is 14.9. The first-order valence-electron chi connectivity index (χ1n) is 4.56. The highest BCUT2D eigenvalue weighted by atomic mass is 35.5. The molecule has 1 fully saturated rings. The van der Waals surface area contributed by atoms with Crippen molar-refractivity contribution in [1.82, 2.24) is 9.88 Å². The van der Waals surface area contributed by atoms with E-state index in [0.717, 1.165) is 18.4 Å². The van der Waals surface area contributed by atoms with Crippen molar-refractivity contribution in [3.05, 3.63) is 29.0 Å². The van der Waals surface area contributed by atoms with Crippen molar-refractivity contribution in [1.29, 1.82) is 5.26 Å². The molecule has 3 nitrogen and oxygen atoms in total. The molecule has 4 heteroatoms. The van der Waals surface area contributed by atoms with E-state index < -0.39 is 0 Å². The lowest BCUT2D eigenvalue weighted by atomic mass is 10.2. The Morgan fingerprint density at radius 2 is 2.36 bits per heavy atom. The van der Waals surface area contributed by atoms with Gasteiger partial charge in [0.15, 0.2) is 6.19 Å². The molecule has 1 aromatic heterocycles. The summed E-state index contributed by atoms with van der Waals surface area (Å²) in [6, 6.07) is 4.11. The highest BCUT2D eigenvalue weighted by Gasteiger charge is 2.28. The minimum Gasteiger partial charge on any atom is -0.303 e.